The number of nitrogens with zero attached hydrogens (tertiary/aromatic N) is 2. The van der Waals surface area contributed by atoms with Crippen molar-refractivity contribution < 1.29 is 14.6 Å². The standard InChI is InChI=1S/C11H19N3O3/c1-8-6-10(17-3)14-11(12-8)13-9(7-15)4-5-16-2/h6,9,15H,4-5,7H2,1-3H3,(H,12,13,14). The van der Waals surface area contributed by atoms with Crippen LogP contribution in [0.15, 0.2) is 6.07 Å². The summed E-state index contributed by atoms with van der Waals surface area (Å²) in [5, 5.41) is 12.3. The number of rotatable bonds is 7. The molecule has 0 bridgehead atoms. The highest BCUT2D eigenvalue weighted by Crippen LogP contribution is 2.12. The van der Waals surface area contributed by atoms with Crippen molar-refractivity contribution in [3.63, 3.8) is 0 Å². The Kier molecular flexibility index (Phi) is 5.65. The fourth-order valence-corrected chi connectivity index (χ4v) is 1.36. The number of aryl methyl sites for hydroxylation is 1. The van der Waals surface area contributed by atoms with Crippen LogP contribution >= 0.6 is 0 Å². The second kappa shape index (κ2) is 7.03. The van der Waals surface area contributed by atoms with E-state index in [1.54, 1.807) is 20.3 Å². The van der Waals surface area contributed by atoms with Gasteiger partial charge in [-0.2, -0.15) is 4.98 Å². The van der Waals surface area contributed by atoms with Crippen molar-refractivity contribution in [2.45, 2.75) is 19.4 Å². The Hall–Kier alpha value is -1.40. The van der Waals surface area contributed by atoms with Crippen LogP contribution in [0.1, 0.15) is 12.1 Å². The summed E-state index contributed by atoms with van der Waals surface area (Å²) in [6.07, 6.45) is 0.687. The van der Waals surface area contributed by atoms with Gasteiger partial charge >= 0.3 is 0 Å². The van der Waals surface area contributed by atoms with Gasteiger partial charge in [0.2, 0.25) is 11.8 Å². The predicted molar refractivity (Wildman–Crippen MR) is 64.3 cm³/mol. The number of aliphatic hydroxyl groups is 1. The minimum Gasteiger partial charge on any atom is -0.481 e. The quantitative estimate of drug-likeness (QED) is 0.728. The second-order valence-corrected chi connectivity index (χ2v) is 3.68. The van der Waals surface area contributed by atoms with Crippen LogP contribution in [0.5, 0.6) is 5.88 Å². The monoisotopic (exact) mass is 241 g/mol. The summed E-state index contributed by atoms with van der Waals surface area (Å²) >= 11 is 0. The number of nitrogens with one attached hydrogen (secondary N) is 1. The maximum atomic E-state index is 9.20. The maximum Gasteiger partial charge on any atom is 0.226 e. The Morgan fingerprint density at radius 2 is 2.18 bits per heavy atom. The lowest BCUT2D eigenvalue weighted by atomic mass is 10.2. The minimum absolute atomic E-state index is 0.00295. The van der Waals surface area contributed by atoms with Crippen molar-refractivity contribution in [1.82, 2.24) is 9.97 Å². The molecule has 0 saturated heterocycles. The van der Waals surface area contributed by atoms with Crippen molar-refractivity contribution >= 4 is 5.95 Å². The van der Waals surface area contributed by atoms with Crippen LogP contribution in [-0.4, -0.2) is 48.5 Å². The van der Waals surface area contributed by atoms with E-state index in [0.717, 1.165) is 5.69 Å². The van der Waals surface area contributed by atoms with Crippen LogP contribution in [0.4, 0.5) is 5.95 Å². The summed E-state index contributed by atoms with van der Waals surface area (Å²) in [6, 6.07) is 1.62. The lowest BCUT2D eigenvalue weighted by Gasteiger charge is -2.16. The normalized spacial score (nSPS) is 12.2. The van der Waals surface area contributed by atoms with Crippen molar-refractivity contribution in [1.29, 1.82) is 0 Å². The fourth-order valence-electron chi connectivity index (χ4n) is 1.36. The highest BCUT2D eigenvalue weighted by molar-refractivity contribution is 5.31. The van der Waals surface area contributed by atoms with Crippen LogP contribution < -0.4 is 10.1 Å². The molecule has 1 aromatic heterocycles. The molecule has 1 aromatic rings. The SMILES string of the molecule is COCCC(CO)Nc1nc(C)cc(OC)n1. The van der Waals surface area contributed by atoms with Gasteiger partial charge in [0.15, 0.2) is 0 Å². The molecule has 0 aliphatic carbocycles. The molecule has 0 radical (unpaired) electrons. The number of hydrogen-bond acceptors (Lipinski definition) is 6. The Bertz CT molecular complexity index is 347. The fraction of sp³-hybridized carbons (Fsp3) is 0.636. The summed E-state index contributed by atoms with van der Waals surface area (Å²) in [5.41, 5.74) is 0.808. The molecule has 6 nitrogen and oxygen atoms in total. The number of aromatic nitrogens is 2. The van der Waals surface area contributed by atoms with Gasteiger partial charge in [-0.3, -0.25) is 0 Å². The van der Waals surface area contributed by atoms with Gasteiger partial charge in [0.1, 0.15) is 0 Å². The van der Waals surface area contributed by atoms with Crippen molar-refractivity contribution in [2.75, 3.05) is 32.8 Å². The molecular formula is C11H19N3O3. The van der Waals surface area contributed by atoms with E-state index in [-0.39, 0.29) is 12.6 Å². The van der Waals surface area contributed by atoms with E-state index >= 15 is 0 Å². The molecule has 1 unspecified atom stereocenters. The molecule has 1 rings (SSSR count). The molecule has 0 amide bonds. The molecular weight excluding hydrogens is 222 g/mol. The molecule has 0 fully saturated rings. The van der Waals surface area contributed by atoms with Gasteiger partial charge in [-0.05, 0) is 13.3 Å². The summed E-state index contributed by atoms with van der Waals surface area (Å²) in [5.74, 6) is 0.959. The molecule has 2 N–H and O–H groups in total. The molecule has 1 atom stereocenters. The van der Waals surface area contributed by atoms with Gasteiger partial charge in [-0.25, -0.2) is 4.98 Å². The molecule has 0 spiro atoms. The van der Waals surface area contributed by atoms with E-state index in [4.69, 9.17) is 9.47 Å². The highest BCUT2D eigenvalue weighted by atomic mass is 16.5. The zero-order valence-electron chi connectivity index (χ0n) is 10.4. The van der Waals surface area contributed by atoms with Crippen LogP contribution in [0, 0.1) is 6.92 Å². The molecule has 0 aliphatic heterocycles. The van der Waals surface area contributed by atoms with E-state index in [1.807, 2.05) is 6.92 Å². The van der Waals surface area contributed by atoms with E-state index in [9.17, 15) is 5.11 Å². The zero-order valence-corrected chi connectivity index (χ0v) is 10.4. The van der Waals surface area contributed by atoms with Crippen LogP contribution in [0.25, 0.3) is 0 Å². The number of ether oxygens (including phenoxy) is 2. The highest BCUT2D eigenvalue weighted by Gasteiger charge is 2.10. The topological polar surface area (TPSA) is 76.5 Å². The number of anilines is 1. The van der Waals surface area contributed by atoms with E-state index in [0.29, 0.717) is 24.9 Å². The molecule has 1 heterocycles. The Balaban J connectivity index is 2.68. The lowest BCUT2D eigenvalue weighted by molar-refractivity contribution is 0.174. The summed E-state index contributed by atoms with van der Waals surface area (Å²) in [6.45, 7) is 2.43. The van der Waals surface area contributed by atoms with Crippen molar-refractivity contribution in [3.05, 3.63) is 11.8 Å². The first-order valence-electron chi connectivity index (χ1n) is 5.45. The number of methoxy groups -OCH3 is 2. The first kappa shape index (κ1) is 13.7. The third-order valence-corrected chi connectivity index (χ3v) is 2.26. The molecule has 17 heavy (non-hydrogen) atoms. The molecule has 0 saturated carbocycles. The van der Waals surface area contributed by atoms with Crippen LogP contribution in [0.2, 0.25) is 0 Å². The molecule has 6 heteroatoms. The smallest absolute Gasteiger partial charge is 0.226 e. The van der Waals surface area contributed by atoms with Gasteiger partial charge in [0.05, 0.1) is 19.8 Å². The van der Waals surface area contributed by atoms with Crippen LogP contribution in [-0.2, 0) is 4.74 Å². The van der Waals surface area contributed by atoms with Crippen molar-refractivity contribution in [2.24, 2.45) is 0 Å². The van der Waals surface area contributed by atoms with E-state index in [2.05, 4.69) is 15.3 Å². The van der Waals surface area contributed by atoms with Crippen LogP contribution in [0.3, 0.4) is 0 Å². The average Bonchev–Trinajstić information content (AvgIpc) is 2.33. The Labute approximate surface area is 101 Å². The van der Waals surface area contributed by atoms with Gasteiger partial charge in [-0.15, -0.1) is 0 Å². The van der Waals surface area contributed by atoms with E-state index in [1.165, 1.54) is 0 Å². The summed E-state index contributed by atoms with van der Waals surface area (Å²) in [7, 11) is 3.18. The largest absolute Gasteiger partial charge is 0.481 e. The molecule has 96 valence electrons. The van der Waals surface area contributed by atoms with Gasteiger partial charge in [0.25, 0.3) is 0 Å². The van der Waals surface area contributed by atoms with E-state index < -0.39 is 0 Å². The zero-order chi connectivity index (χ0) is 12.7. The summed E-state index contributed by atoms with van der Waals surface area (Å²) in [4.78, 5) is 8.38. The van der Waals surface area contributed by atoms with Gasteiger partial charge in [0, 0.05) is 25.5 Å². The lowest BCUT2D eigenvalue weighted by Crippen LogP contribution is -2.26. The third kappa shape index (κ3) is 4.54. The molecule has 0 aromatic carbocycles. The molecule has 0 aliphatic rings. The minimum atomic E-state index is -0.124. The number of hydrogen-bond donors (Lipinski definition) is 2. The first-order chi connectivity index (χ1) is 8.19. The third-order valence-electron chi connectivity index (χ3n) is 2.26. The number of aliphatic hydroxyl groups excluding tert-OH is 1. The average molecular weight is 241 g/mol. The Morgan fingerprint density at radius 1 is 1.41 bits per heavy atom. The first-order valence-corrected chi connectivity index (χ1v) is 5.45. The Morgan fingerprint density at radius 3 is 2.76 bits per heavy atom. The van der Waals surface area contributed by atoms with Crippen molar-refractivity contribution in [3.8, 4) is 5.88 Å². The second-order valence-electron chi connectivity index (χ2n) is 3.68. The van der Waals surface area contributed by atoms with Gasteiger partial charge in [-0.1, -0.05) is 0 Å². The van der Waals surface area contributed by atoms with Gasteiger partial charge < -0.3 is 19.9 Å². The predicted octanol–water partition coefficient (Wildman–Crippen LogP) is 0.603. The summed E-state index contributed by atoms with van der Waals surface area (Å²) < 4.78 is 10.0. The maximum absolute atomic E-state index is 9.20.